The number of carbonyl (C=O) groups is 2. The summed E-state index contributed by atoms with van der Waals surface area (Å²) >= 11 is 1.39. The van der Waals surface area contributed by atoms with E-state index in [1.54, 1.807) is 12.1 Å². The third-order valence-electron chi connectivity index (χ3n) is 7.64. The minimum Gasteiger partial charge on any atom is -0.351 e. The number of rotatable bonds is 8. The zero-order chi connectivity index (χ0) is 28.1. The molecule has 2 atom stereocenters. The van der Waals surface area contributed by atoms with Crippen molar-refractivity contribution >= 4 is 38.9 Å². The first-order valence-corrected chi connectivity index (χ1v) is 16.2. The van der Waals surface area contributed by atoms with Gasteiger partial charge in [0.15, 0.2) is 6.04 Å². The van der Waals surface area contributed by atoms with E-state index >= 15 is 0 Å². The number of nitrogens with zero attached hydrogens (tertiary/aromatic N) is 4. The zero-order valence-electron chi connectivity index (χ0n) is 22.6. The molecule has 3 aromatic rings. The van der Waals surface area contributed by atoms with E-state index in [1.165, 1.54) is 51.3 Å². The van der Waals surface area contributed by atoms with Crippen molar-refractivity contribution in [3.8, 4) is 0 Å². The van der Waals surface area contributed by atoms with E-state index < -0.39 is 22.0 Å². The van der Waals surface area contributed by atoms with Crippen molar-refractivity contribution in [3.05, 3.63) is 70.9 Å². The van der Waals surface area contributed by atoms with E-state index in [9.17, 15) is 18.0 Å². The van der Waals surface area contributed by atoms with E-state index in [1.807, 2.05) is 17.5 Å². The van der Waals surface area contributed by atoms with Crippen LogP contribution in [0.5, 0.6) is 0 Å². The average molecular weight is 582 g/mol. The van der Waals surface area contributed by atoms with E-state index in [-0.39, 0.29) is 22.5 Å². The van der Waals surface area contributed by atoms with Crippen LogP contribution >= 0.6 is 11.3 Å². The molecular weight excluding hydrogens is 546 g/mol. The van der Waals surface area contributed by atoms with Crippen LogP contribution in [0, 0.1) is 5.92 Å². The number of nitrogens with one attached hydrogen (secondary N) is 1. The van der Waals surface area contributed by atoms with Crippen molar-refractivity contribution < 1.29 is 18.0 Å². The SMILES string of the molecule is C[C@@H]1CCCN(S(=O)(=O)c2ccc(N(C(=O)c3cnccn3)[C@H](C(=O)NC3CCCCC3)c3cccs3)cc2)C1. The maximum Gasteiger partial charge on any atom is 0.279 e. The summed E-state index contributed by atoms with van der Waals surface area (Å²) in [6.45, 7) is 3.04. The van der Waals surface area contributed by atoms with Gasteiger partial charge in [-0.25, -0.2) is 13.4 Å². The quantitative estimate of drug-likeness (QED) is 0.409. The summed E-state index contributed by atoms with van der Waals surface area (Å²) in [6.07, 6.45) is 11.2. The summed E-state index contributed by atoms with van der Waals surface area (Å²) in [5.41, 5.74) is 0.493. The monoisotopic (exact) mass is 581 g/mol. The van der Waals surface area contributed by atoms with Gasteiger partial charge in [-0.1, -0.05) is 32.3 Å². The van der Waals surface area contributed by atoms with Crippen LogP contribution in [-0.2, 0) is 14.8 Å². The molecule has 1 aliphatic carbocycles. The molecule has 3 heterocycles. The summed E-state index contributed by atoms with van der Waals surface area (Å²) in [7, 11) is -3.68. The fourth-order valence-electron chi connectivity index (χ4n) is 5.56. The summed E-state index contributed by atoms with van der Waals surface area (Å²) in [6, 6.07) is 9.02. The molecule has 2 amide bonds. The number of hydrogen-bond acceptors (Lipinski definition) is 7. The molecule has 5 rings (SSSR count). The van der Waals surface area contributed by atoms with Gasteiger partial charge >= 0.3 is 0 Å². The van der Waals surface area contributed by atoms with Crippen molar-refractivity contribution in [2.24, 2.45) is 5.92 Å². The van der Waals surface area contributed by atoms with Crippen LogP contribution in [0.4, 0.5) is 5.69 Å². The predicted molar refractivity (Wildman–Crippen MR) is 155 cm³/mol. The number of sulfonamides is 1. The molecule has 1 saturated carbocycles. The standard InChI is InChI=1S/C29H35N5O4S2/c1-21-7-5-17-33(20-21)40(37,38)24-13-11-23(12-14-24)34(29(36)25-19-30-15-16-31-25)27(26-10-6-18-39-26)28(35)32-22-8-3-2-4-9-22/h6,10-16,18-19,21-22,27H,2-5,7-9,17,20H2,1H3,(H,32,35)/t21-,27+/m1/s1. The van der Waals surface area contributed by atoms with Gasteiger partial charge in [0.05, 0.1) is 11.1 Å². The molecule has 2 fully saturated rings. The Balaban J connectivity index is 1.52. The summed E-state index contributed by atoms with van der Waals surface area (Å²) in [5.74, 6) is -0.464. The number of anilines is 1. The molecule has 212 valence electrons. The molecule has 1 N–H and O–H groups in total. The highest BCUT2D eigenvalue weighted by molar-refractivity contribution is 7.89. The van der Waals surface area contributed by atoms with Crippen LogP contribution in [0.2, 0.25) is 0 Å². The van der Waals surface area contributed by atoms with E-state index in [4.69, 9.17) is 0 Å². The number of amides is 2. The molecule has 0 unspecified atom stereocenters. The Hall–Kier alpha value is -3.15. The zero-order valence-corrected chi connectivity index (χ0v) is 24.2. The van der Waals surface area contributed by atoms with Crippen LogP contribution in [0.1, 0.15) is 73.3 Å². The van der Waals surface area contributed by atoms with Crippen LogP contribution < -0.4 is 10.2 Å². The number of piperidine rings is 1. The third kappa shape index (κ3) is 6.26. The van der Waals surface area contributed by atoms with Crippen LogP contribution in [-0.4, -0.2) is 53.6 Å². The average Bonchev–Trinajstić information content (AvgIpc) is 3.51. The smallest absolute Gasteiger partial charge is 0.279 e. The Bertz CT molecular complexity index is 1390. The van der Waals surface area contributed by atoms with Gasteiger partial charge in [0.1, 0.15) is 5.69 Å². The first kappa shape index (κ1) is 28.4. The Morgan fingerprint density at radius 3 is 2.48 bits per heavy atom. The molecule has 2 aliphatic rings. The van der Waals surface area contributed by atoms with E-state index in [0.29, 0.717) is 29.6 Å². The van der Waals surface area contributed by atoms with Crippen LogP contribution in [0.3, 0.4) is 0 Å². The number of carbonyl (C=O) groups excluding carboxylic acids is 2. The predicted octanol–water partition coefficient (Wildman–Crippen LogP) is 4.80. The molecule has 1 aliphatic heterocycles. The Labute approximate surface area is 239 Å². The number of thiophene rings is 1. The third-order valence-corrected chi connectivity index (χ3v) is 10.4. The molecule has 2 aromatic heterocycles. The number of benzene rings is 1. The molecule has 40 heavy (non-hydrogen) atoms. The molecule has 9 nitrogen and oxygen atoms in total. The highest BCUT2D eigenvalue weighted by atomic mass is 32.2. The van der Waals surface area contributed by atoms with Gasteiger partial charge in [0.2, 0.25) is 15.9 Å². The molecule has 0 bridgehead atoms. The van der Waals surface area contributed by atoms with Crippen LogP contribution in [0.25, 0.3) is 0 Å². The van der Waals surface area contributed by atoms with Gasteiger partial charge in [-0.2, -0.15) is 4.31 Å². The largest absolute Gasteiger partial charge is 0.351 e. The molecule has 0 spiro atoms. The van der Waals surface area contributed by atoms with Gasteiger partial charge in [-0.15, -0.1) is 11.3 Å². The first-order chi connectivity index (χ1) is 19.3. The lowest BCUT2D eigenvalue weighted by Crippen LogP contribution is -2.47. The topological polar surface area (TPSA) is 113 Å². The second-order valence-corrected chi connectivity index (χ2v) is 13.5. The van der Waals surface area contributed by atoms with Crippen molar-refractivity contribution in [1.29, 1.82) is 0 Å². The Morgan fingerprint density at radius 2 is 1.82 bits per heavy atom. The molecule has 1 aromatic carbocycles. The summed E-state index contributed by atoms with van der Waals surface area (Å²) < 4.78 is 28.3. The fourth-order valence-corrected chi connectivity index (χ4v) is 7.97. The molecule has 11 heteroatoms. The molecular formula is C29H35N5O4S2. The Kier molecular flexibility index (Phi) is 8.92. The minimum absolute atomic E-state index is 0.0524. The summed E-state index contributed by atoms with van der Waals surface area (Å²) in [4.78, 5) is 38.4. The second-order valence-electron chi connectivity index (χ2n) is 10.6. The van der Waals surface area contributed by atoms with Gasteiger partial charge in [0.25, 0.3) is 5.91 Å². The van der Waals surface area contributed by atoms with Crippen molar-refractivity contribution in [2.45, 2.75) is 68.8 Å². The normalized spacial score (nSPS) is 19.6. The Morgan fingerprint density at radius 1 is 1.05 bits per heavy atom. The first-order valence-electron chi connectivity index (χ1n) is 13.9. The molecule has 1 saturated heterocycles. The lowest BCUT2D eigenvalue weighted by atomic mass is 9.95. The van der Waals surface area contributed by atoms with Gasteiger partial charge in [-0.3, -0.25) is 19.5 Å². The maximum atomic E-state index is 14.0. The van der Waals surface area contributed by atoms with Crippen LogP contribution in [0.15, 0.2) is 65.3 Å². The highest BCUT2D eigenvalue weighted by Gasteiger charge is 2.36. The van der Waals surface area contributed by atoms with Gasteiger partial charge in [0, 0.05) is 42.1 Å². The maximum absolute atomic E-state index is 14.0. The van der Waals surface area contributed by atoms with Gasteiger partial charge < -0.3 is 5.32 Å². The number of hydrogen-bond donors (Lipinski definition) is 1. The lowest BCUT2D eigenvalue weighted by molar-refractivity contribution is -0.123. The summed E-state index contributed by atoms with van der Waals surface area (Å²) in [5, 5.41) is 5.05. The van der Waals surface area contributed by atoms with Crippen molar-refractivity contribution in [1.82, 2.24) is 19.6 Å². The van der Waals surface area contributed by atoms with Gasteiger partial charge in [-0.05, 0) is 67.3 Å². The number of aromatic nitrogens is 2. The van der Waals surface area contributed by atoms with Crippen molar-refractivity contribution in [2.75, 3.05) is 18.0 Å². The fraction of sp³-hybridized carbons (Fsp3) is 0.448. The van der Waals surface area contributed by atoms with Crippen molar-refractivity contribution in [3.63, 3.8) is 0 Å². The lowest BCUT2D eigenvalue weighted by Gasteiger charge is -2.33. The highest BCUT2D eigenvalue weighted by Crippen LogP contribution is 2.34. The second kappa shape index (κ2) is 12.6. The van der Waals surface area contributed by atoms with E-state index in [0.717, 1.165) is 44.9 Å². The molecule has 0 radical (unpaired) electrons. The minimum atomic E-state index is -3.68. The van der Waals surface area contributed by atoms with E-state index in [2.05, 4.69) is 22.2 Å².